The number of hydrogen-bond donors (Lipinski definition) is 2. The molecule has 0 amide bonds. The third kappa shape index (κ3) is 5.21. The Balaban J connectivity index is 1.62. The van der Waals surface area contributed by atoms with Gasteiger partial charge in [0, 0.05) is 21.2 Å². The van der Waals surface area contributed by atoms with E-state index < -0.39 is 5.82 Å². The quantitative estimate of drug-likeness (QED) is 0.246. The van der Waals surface area contributed by atoms with Crippen LogP contribution in [0, 0.1) is 10.6 Å². The van der Waals surface area contributed by atoms with Gasteiger partial charge in [0.05, 0.1) is 18.7 Å². The summed E-state index contributed by atoms with van der Waals surface area (Å²) < 4.78 is 28.0. The van der Waals surface area contributed by atoms with Crippen molar-refractivity contribution in [3.05, 3.63) is 91.9 Å². The van der Waals surface area contributed by atoms with Gasteiger partial charge in [-0.05, 0) is 36.5 Å². The molecule has 1 aromatic heterocycles. The van der Waals surface area contributed by atoms with Crippen molar-refractivity contribution >= 4 is 39.7 Å². The van der Waals surface area contributed by atoms with Crippen molar-refractivity contribution in [1.82, 2.24) is 14.9 Å². The Morgan fingerprint density at radius 2 is 1.97 bits per heavy atom. The summed E-state index contributed by atoms with van der Waals surface area (Å²) in [6, 6.07) is 17.6. The van der Waals surface area contributed by atoms with Crippen LogP contribution in [0.4, 0.5) is 4.39 Å². The van der Waals surface area contributed by atoms with Gasteiger partial charge in [0.1, 0.15) is 12.4 Å². The molecule has 2 N–H and O–H groups in total. The largest absolute Gasteiger partial charge is 0.493 e. The van der Waals surface area contributed by atoms with Crippen molar-refractivity contribution in [3.8, 4) is 22.9 Å². The van der Waals surface area contributed by atoms with Crippen LogP contribution >= 0.6 is 39.7 Å². The number of H-pyrrole nitrogens is 1. The fourth-order valence-corrected chi connectivity index (χ4v) is 4.11. The number of ether oxygens (including phenoxy) is 2. The number of nitrogens with one attached hydrogen (secondary N) is 2. The van der Waals surface area contributed by atoms with E-state index in [0.29, 0.717) is 39.2 Å². The fraction of sp³-hybridized carbons (Fsp3) is 0.130. The Morgan fingerprint density at radius 1 is 1.18 bits per heavy atom. The molecular weight excluding hydrogens is 531 g/mol. The summed E-state index contributed by atoms with van der Waals surface area (Å²) in [5, 5.41) is 7.45. The van der Waals surface area contributed by atoms with Crippen molar-refractivity contribution in [1.29, 1.82) is 0 Å². The molecule has 0 aliphatic carbocycles. The van der Waals surface area contributed by atoms with Crippen LogP contribution in [0.5, 0.6) is 11.5 Å². The maximum atomic E-state index is 13.4. The van der Waals surface area contributed by atoms with Gasteiger partial charge in [-0.3, -0.25) is 0 Å². The number of rotatable bonds is 8. The zero-order valence-corrected chi connectivity index (χ0v) is 20.6. The monoisotopic (exact) mass is 548 g/mol. The van der Waals surface area contributed by atoms with Crippen molar-refractivity contribution in [3.63, 3.8) is 0 Å². The summed E-state index contributed by atoms with van der Waals surface area (Å²) >= 11 is 15.2. The molecule has 0 atom stereocenters. The molecule has 0 unspecified atom stereocenters. The highest BCUT2D eigenvalue weighted by atomic mass is 79.9. The molecule has 0 aliphatic heterocycles. The lowest BCUT2D eigenvalue weighted by Crippen LogP contribution is -2.17. The van der Waals surface area contributed by atoms with Crippen molar-refractivity contribution in [2.24, 2.45) is 0 Å². The number of benzene rings is 3. The van der Waals surface area contributed by atoms with Gasteiger partial charge in [-0.25, -0.2) is 14.2 Å². The van der Waals surface area contributed by atoms with E-state index in [-0.39, 0.29) is 6.61 Å². The zero-order valence-electron chi connectivity index (χ0n) is 17.4. The molecule has 0 bridgehead atoms. The van der Waals surface area contributed by atoms with E-state index in [4.69, 9.17) is 33.3 Å². The molecule has 4 rings (SSSR count). The molecule has 6 nitrogen and oxygen atoms in total. The smallest absolute Gasteiger partial charge is 0.214 e. The van der Waals surface area contributed by atoms with Gasteiger partial charge < -0.3 is 14.9 Å². The van der Waals surface area contributed by atoms with Gasteiger partial charge in [0.2, 0.25) is 4.77 Å². The number of hydrogen-bond acceptors (Lipinski definition) is 5. The molecule has 10 heteroatoms. The lowest BCUT2D eigenvalue weighted by molar-refractivity contribution is 0.281. The van der Waals surface area contributed by atoms with Crippen LogP contribution in [-0.4, -0.2) is 22.0 Å². The summed E-state index contributed by atoms with van der Waals surface area (Å²) in [7, 11) is 1.57. The number of methoxy groups -OCH3 is 1. The predicted octanol–water partition coefficient (Wildman–Crippen LogP) is 6.49. The number of halogens is 3. The maximum Gasteiger partial charge on any atom is 0.214 e. The molecule has 0 saturated carbocycles. The minimum Gasteiger partial charge on any atom is -0.493 e. The molecule has 33 heavy (non-hydrogen) atoms. The molecule has 0 radical (unpaired) electrons. The van der Waals surface area contributed by atoms with Crippen LogP contribution in [0.2, 0.25) is 5.02 Å². The van der Waals surface area contributed by atoms with E-state index in [1.807, 2.05) is 36.4 Å². The highest BCUT2D eigenvalue weighted by Gasteiger charge is 2.17. The maximum absolute atomic E-state index is 13.4. The molecule has 170 valence electrons. The summed E-state index contributed by atoms with van der Waals surface area (Å²) in [5.74, 6) is 1.32. The fourth-order valence-electron chi connectivity index (χ4n) is 3.24. The van der Waals surface area contributed by atoms with E-state index >= 15 is 0 Å². The molecule has 1 heterocycles. The van der Waals surface area contributed by atoms with Gasteiger partial charge >= 0.3 is 0 Å². The second-order valence-corrected chi connectivity index (χ2v) is 8.62. The third-order valence-corrected chi connectivity index (χ3v) is 6.26. The average Bonchev–Trinajstić information content (AvgIpc) is 3.18. The Morgan fingerprint density at radius 3 is 2.70 bits per heavy atom. The van der Waals surface area contributed by atoms with Crippen LogP contribution < -0.4 is 14.9 Å². The van der Waals surface area contributed by atoms with E-state index in [1.165, 1.54) is 12.1 Å². The van der Waals surface area contributed by atoms with E-state index in [9.17, 15) is 4.39 Å². The van der Waals surface area contributed by atoms with Crippen LogP contribution in [0.15, 0.2) is 65.1 Å². The predicted molar refractivity (Wildman–Crippen MR) is 132 cm³/mol. The molecule has 3 aromatic carbocycles. The van der Waals surface area contributed by atoms with Crippen molar-refractivity contribution < 1.29 is 13.9 Å². The molecule has 4 aromatic rings. The lowest BCUT2D eigenvalue weighted by Gasteiger charge is -2.18. The first-order valence-electron chi connectivity index (χ1n) is 9.86. The van der Waals surface area contributed by atoms with Crippen molar-refractivity contribution in [2.45, 2.75) is 13.2 Å². The van der Waals surface area contributed by atoms with Gasteiger partial charge in [0.25, 0.3) is 0 Å². The highest BCUT2D eigenvalue weighted by molar-refractivity contribution is 9.10. The molecule has 0 aliphatic rings. The average molecular weight is 550 g/mol. The van der Waals surface area contributed by atoms with Crippen LogP contribution in [0.25, 0.3) is 11.4 Å². The highest BCUT2D eigenvalue weighted by Crippen LogP contribution is 2.37. The van der Waals surface area contributed by atoms with Crippen molar-refractivity contribution in [2.75, 3.05) is 12.5 Å². The molecule has 0 saturated heterocycles. The Labute approximate surface area is 208 Å². The Hall–Kier alpha value is -2.88. The second kappa shape index (κ2) is 10.4. The summed E-state index contributed by atoms with van der Waals surface area (Å²) in [6.07, 6.45) is 0. The number of aromatic amines is 1. The number of nitrogens with zero attached hydrogens (tertiary/aromatic N) is 2. The summed E-state index contributed by atoms with van der Waals surface area (Å²) in [5.41, 5.74) is 5.67. The third-order valence-electron chi connectivity index (χ3n) is 4.89. The van der Waals surface area contributed by atoms with Gasteiger partial charge in [0.15, 0.2) is 17.3 Å². The minimum atomic E-state index is -0.403. The zero-order chi connectivity index (χ0) is 23.4. The minimum absolute atomic E-state index is 0.138. The molecular formula is C23H19BrClFN4O2S. The van der Waals surface area contributed by atoms with Gasteiger partial charge in [-0.2, -0.15) is 5.10 Å². The first-order chi connectivity index (χ1) is 16.0. The first kappa shape index (κ1) is 23.3. The van der Waals surface area contributed by atoms with E-state index in [2.05, 4.69) is 31.6 Å². The molecule has 0 spiro atoms. The standard InChI is InChI=1S/C23H19BrClFN4O2S/c1-31-20-10-9-18(24)17(21(20)32-13-15-7-8-16(26)11-19(15)25)12-27-30-22(28-29-23(30)33)14-5-3-2-4-6-14/h2-11,27H,12-13H2,1H3,(H,29,33). The lowest BCUT2D eigenvalue weighted by atomic mass is 10.1. The Kier molecular flexibility index (Phi) is 7.32. The molecule has 0 fully saturated rings. The topological polar surface area (TPSA) is 64.1 Å². The number of aromatic nitrogens is 3. The van der Waals surface area contributed by atoms with Crippen LogP contribution in [0.3, 0.4) is 0 Å². The van der Waals surface area contributed by atoms with Crippen LogP contribution in [0.1, 0.15) is 11.1 Å². The SMILES string of the molecule is COc1ccc(Br)c(CNn2c(-c3ccccc3)n[nH]c2=S)c1OCc1ccc(F)cc1Cl. The van der Waals surface area contributed by atoms with E-state index in [1.54, 1.807) is 23.9 Å². The van der Waals surface area contributed by atoms with E-state index in [0.717, 1.165) is 15.6 Å². The Bertz CT molecular complexity index is 1330. The normalized spacial score (nSPS) is 10.8. The van der Waals surface area contributed by atoms with Crippen LogP contribution in [-0.2, 0) is 13.2 Å². The first-order valence-corrected chi connectivity index (χ1v) is 11.4. The summed E-state index contributed by atoms with van der Waals surface area (Å²) in [6.45, 7) is 0.483. The summed E-state index contributed by atoms with van der Waals surface area (Å²) in [4.78, 5) is 0. The van der Waals surface area contributed by atoms with Gasteiger partial charge in [-0.1, -0.05) is 63.9 Å². The second-order valence-electron chi connectivity index (χ2n) is 6.97. The van der Waals surface area contributed by atoms with Gasteiger partial charge in [-0.15, -0.1) is 0 Å².